The van der Waals surface area contributed by atoms with E-state index in [1.54, 1.807) is 0 Å². The van der Waals surface area contributed by atoms with Gasteiger partial charge in [-0.1, -0.05) is 31.5 Å². The van der Waals surface area contributed by atoms with Crippen LogP contribution in [0.25, 0.3) is 10.9 Å². The maximum absolute atomic E-state index is 5.84. The van der Waals surface area contributed by atoms with E-state index in [1.165, 1.54) is 18.4 Å². The fraction of sp³-hybridized carbons (Fsp3) is 0.400. The molecule has 0 bridgehead atoms. The Morgan fingerprint density at radius 2 is 2.06 bits per heavy atom. The lowest BCUT2D eigenvalue weighted by molar-refractivity contribution is 0.760. The fourth-order valence-electron chi connectivity index (χ4n) is 2.11. The van der Waals surface area contributed by atoms with E-state index in [-0.39, 0.29) is 0 Å². The van der Waals surface area contributed by atoms with Crippen LogP contribution in [0.2, 0.25) is 0 Å². The first-order chi connectivity index (χ1) is 8.76. The number of rotatable bonds is 5. The maximum Gasteiger partial charge on any atom is 0.129 e. The van der Waals surface area contributed by atoms with Crippen molar-refractivity contribution in [3.63, 3.8) is 0 Å². The minimum atomic E-state index is 0.553. The van der Waals surface area contributed by atoms with Crippen molar-refractivity contribution in [2.45, 2.75) is 26.3 Å². The van der Waals surface area contributed by atoms with Crippen LogP contribution in [0.5, 0.6) is 0 Å². The molecule has 2 rings (SSSR count). The van der Waals surface area contributed by atoms with Crippen molar-refractivity contribution < 1.29 is 0 Å². The third kappa shape index (κ3) is 2.62. The molecule has 18 heavy (non-hydrogen) atoms. The van der Waals surface area contributed by atoms with E-state index in [4.69, 9.17) is 10.7 Å². The number of aromatic nitrogens is 1. The van der Waals surface area contributed by atoms with E-state index in [1.807, 2.05) is 18.2 Å². The summed E-state index contributed by atoms with van der Waals surface area (Å²) in [6.07, 6.45) is 2.38. The van der Waals surface area contributed by atoms with Gasteiger partial charge >= 0.3 is 0 Å². The maximum atomic E-state index is 5.84. The second-order valence-electron chi connectivity index (χ2n) is 4.64. The van der Waals surface area contributed by atoms with E-state index < -0.39 is 0 Å². The molecule has 2 N–H and O–H groups in total. The van der Waals surface area contributed by atoms with Gasteiger partial charge in [-0.15, -0.1) is 0 Å². The van der Waals surface area contributed by atoms with E-state index in [0.29, 0.717) is 6.54 Å². The third-order valence-corrected chi connectivity index (χ3v) is 3.25. The monoisotopic (exact) mass is 243 g/mol. The smallest absolute Gasteiger partial charge is 0.129 e. The molecule has 0 fully saturated rings. The summed E-state index contributed by atoms with van der Waals surface area (Å²) in [6.45, 7) is 3.79. The molecule has 0 unspecified atom stereocenters. The Morgan fingerprint density at radius 1 is 1.28 bits per heavy atom. The van der Waals surface area contributed by atoms with Gasteiger partial charge in [0.05, 0.1) is 5.52 Å². The van der Waals surface area contributed by atoms with Gasteiger partial charge in [0.1, 0.15) is 5.82 Å². The topological polar surface area (TPSA) is 42.1 Å². The lowest BCUT2D eigenvalue weighted by atomic mass is 10.1. The van der Waals surface area contributed by atoms with Crippen molar-refractivity contribution in [1.82, 2.24) is 4.98 Å². The van der Waals surface area contributed by atoms with Crippen LogP contribution < -0.4 is 10.6 Å². The first-order valence-electron chi connectivity index (χ1n) is 6.56. The van der Waals surface area contributed by atoms with E-state index in [9.17, 15) is 0 Å². The number of nitrogens with two attached hydrogens (primary N) is 1. The van der Waals surface area contributed by atoms with Gasteiger partial charge in [-0.05, 0) is 24.1 Å². The van der Waals surface area contributed by atoms with Crippen LogP contribution >= 0.6 is 0 Å². The number of fused-ring (bicyclic) bond motifs is 1. The minimum absolute atomic E-state index is 0.553. The highest BCUT2D eigenvalue weighted by molar-refractivity contribution is 5.84. The quantitative estimate of drug-likeness (QED) is 0.878. The number of benzene rings is 1. The highest BCUT2D eigenvalue weighted by Gasteiger charge is 2.07. The second-order valence-corrected chi connectivity index (χ2v) is 4.64. The van der Waals surface area contributed by atoms with Crippen LogP contribution in [-0.2, 0) is 6.54 Å². The predicted octanol–water partition coefficient (Wildman–Crippen LogP) is 2.93. The summed E-state index contributed by atoms with van der Waals surface area (Å²) in [5, 5.41) is 1.16. The predicted molar refractivity (Wildman–Crippen MR) is 77.8 cm³/mol. The van der Waals surface area contributed by atoms with Gasteiger partial charge in [0.25, 0.3) is 0 Å². The summed E-state index contributed by atoms with van der Waals surface area (Å²) in [4.78, 5) is 6.91. The summed E-state index contributed by atoms with van der Waals surface area (Å²) in [5.74, 6) is 1.02. The van der Waals surface area contributed by atoms with E-state index >= 15 is 0 Å². The van der Waals surface area contributed by atoms with Gasteiger partial charge in [-0.25, -0.2) is 4.98 Å². The van der Waals surface area contributed by atoms with Crippen LogP contribution in [-0.4, -0.2) is 18.6 Å². The van der Waals surface area contributed by atoms with Crippen molar-refractivity contribution >= 4 is 16.7 Å². The Bertz CT molecular complexity index is 522. The highest BCUT2D eigenvalue weighted by atomic mass is 15.2. The molecule has 0 aliphatic rings. The van der Waals surface area contributed by atoms with Crippen LogP contribution in [0.1, 0.15) is 25.3 Å². The number of para-hydroxylation sites is 1. The van der Waals surface area contributed by atoms with Gasteiger partial charge in [-0.3, -0.25) is 0 Å². The molecule has 0 amide bonds. The number of nitrogens with zero attached hydrogens (tertiary/aromatic N) is 2. The lowest BCUT2D eigenvalue weighted by Crippen LogP contribution is -2.20. The number of unbranched alkanes of at least 4 members (excludes halogenated alkanes) is 1. The molecule has 1 aromatic carbocycles. The third-order valence-electron chi connectivity index (χ3n) is 3.25. The van der Waals surface area contributed by atoms with Gasteiger partial charge in [0.15, 0.2) is 0 Å². The van der Waals surface area contributed by atoms with Gasteiger partial charge in [-0.2, -0.15) is 0 Å². The Hall–Kier alpha value is -1.61. The normalized spacial score (nSPS) is 10.8. The number of hydrogen-bond acceptors (Lipinski definition) is 3. The molecule has 0 spiro atoms. The molecule has 0 radical (unpaired) electrons. The molecule has 2 aromatic rings. The molecule has 0 aliphatic heterocycles. The van der Waals surface area contributed by atoms with Crippen molar-refractivity contribution in [2.24, 2.45) is 5.73 Å². The molecule has 3 nitrogen and oxygen atoms in total. The summed E-state index contributed by atoms with van der Waals surface area (Å²) in [6, 6.07) is 10.3. The fourth-order valence-corrected chi connectivity index (χ4v) is 2.11. The molecule has 0 saturated heterocycles. The van der Waals surface area contributed by atoms with Crippen molar-refractivity contribution in [3.8, 4) is 0 Å². The zero-order valence-corrected chi connectivity index (χ0v) is 11.2. The highest BCUT2D eigenvalue weighted by Crippen LogP contribution is 2.22. The summed E-state index contributed by atoms with van der Waals surface area (Å²) in [5.41, 5.74) is 8.03. The lowest BCUT2D eigenvalue weighted by Gasteiger charge is -2.19. The van der Waals surface area contributed by atoms with Crippen molar-refractivity contribution in [3.05, 3.63) is 35.9 Å². The van der Waals surface area contributed by atoms with Crippen LogP contribution in [0, 0.1) is 0 Å². The Labute approximate surface area is 109 Å². The Morgan fingerprint density at radius 3 is 2.78 bits per heavy atom. The number of hydrogen-bond donors (Lipinski definition) is 1. The minimum Gasteiger partial charge on any atom is -0.360 e. The summed E-state index contributed by atoms with van der Waals surface area (Å²) in [7, 11) is 2.09. The molecule has 0 atom stereocenters. The van der Waals surface area contributed by atoms with Crippen molar-refractivity contribution in [1.29, 1.82) is 0 Å². The Kier molecular flexibility index (Phi) is 4.15. The molecule has 1 aromatic heterocycles. The van der Waals surface area contributed by atoms with E-state index in [0.717, 1.165) is 23.3 Å². The van der Waals surface area contributed by atoms with Crippen LogP contribution in [0.3, 0.4) is 0 Å². The zero-order valence-electron chi connectivity index (χ0n) is 11.2. The average molecular weight is 243 g/mol. The van der Waals surface area contributed by atoms with Gasteiger partial charge < -0.3 is 10.6 Å². The van der Waals surface area contributed by atoms with Crippen LogP contribution in [0.4, 0.5) is 5.82 Å². The van der Waals surface area contributed by atoms with Crippen LogP contribution in [0.15, 0.2) is 30.3 Å². The SMILES string of the molecule is CCCCN(C)c1cc(CN)c2ccccc2n1. The second kappa shape index (κ2) is 5.83. The number of pyridine rings is 1. The molecule has 0 aliphatic carbocycles. The Balaban J connectivity index is 2.40. The van der Waals surface area contributed by atoms with Gasteiger partial charge in [0, 0.05) is 25.5 Å². The number of anilines is 1. The zero-order chi connectivity index (χ0) is 13.0. The first-order valence-corrected chi connectivity index (χ1v) is 6.56. The largest absolute Gasteiger partial charge is 0.360 e. The average Bonchev–Trinajstić information content (AvgIpc) is 2.43. The molecule has 3 heteroatoms. The molecular formula is C15H21N3. The first kappa shape index (κ1) is 12.8. The van der Waals surface area contributed by atoms with Gasteiger partial charge in [0.2, 0.25) is 0 Å². The standard InChI is InChI=1S/C15H21N3/c1-3-4-9-18(2)15-10-12(11-16)13-7-5-6-8-14(13)17-15/h5-8,10H,3-4,9,11,16H2,1-2H3. The summed E-state index contributed by atoms with van der Waals surface area (Å²) < 4.78 is 0. The van der Waals surface area contributed by atoms with E-state index in [2.05, 4.69) is 31.0 Å². The molecule has 96 valence electrons. The molecular weight excluding hydrogens is 222 g/mol. The summed E-state index contributed by atoms with van der Waals surface area (Å²) >= 11 is 0. The molecule has 0 saturated carbocycles. The molecule has 1 heterocycles. The van der Waals surface area contributed by atoms with Crippen molar-refractivity contribution in [2.75, 3.05) is 18.5 Å².